The van der Waals surface area contributed by atoms with E-state index in [9.17, 15) is 9.59 Å². The number of rotatable bonds is 5. The van der Waals surface area contributed by atoms with Crippen LogP contribution in [0.15, 0.2) is 0 Å². The summed E-state index contributed by atoms with van der Waals surface area (Å²) < 4.78 is 4.72. The first-order valence-corrected chi connectivity index (χ1v) is 6.05. The molecule has 0 radical (unpaired) electrons. The van der Waals surface area contributed by atoms with Gasteiger partial charge in [-0.3, -0.25) is 4.79 Å². The monoisotopic (exact) mass is 242 g/mol. The van der Waals surface area contributed by atoms with Crippen molar-refractivity contribution in [2.45, 2.75) is 32.7 Å². The Kier molecular flexibility index (Phi) is 4.51. The molecule has 1 rings (SSSR count). The van der Waals surface area contributed by atoms with Crippen LogP contribution in [0.4, 0.5) is 0 Å². The van der Waals surface area contributed by atoms with Gasteiger partial charge in [0.05, 0.1) is 7.11 Å². The zero-order valence-corrected chi connectivity index (χ0v) is 11.0. The van der Waals surface area contributed by atoms with Gasteiger partial charge in [-0.15, -0.1) is 0 Å². The lowest BCUT2D eigenvalue weighted by Gasteiger charge is -2.34. The van der Waals surface area contributed by atoms with Gasteiger partial charge in [-0.1, -0.05) is 13.8 Å². The van der Waals surface area contributed by atoms with E-state index in [0.29, 0.717) is 12.3 Å². The Bertz CT molecular complexity index is 302. The van der Waals surface area contributed by atoms with Crippen molar-refractivity contribution >= 4 is 11.9 Å². The molecular formula is C12H22N2O3. The molecule has 0 spiro atoms. The Balaban J connectivity index is 2.60. The third-order valence-corrected chi connectivity index (χ3v) is 3.68. The Labute approximate surface area is 102 Å². The molecule has 0 saturated carbocycles. The molecule has 0 aliphatic carbocycles. The third kappa shape index (κ3) is 2.97. The maximum atomic E-state index is 12.0. The quantitative estimate of drug-likeness (QED) is 0.680. The standard InChI is InChI=1S/C12H22N2O3/c1-5-12(3,11(16)17-4)14-10(15)8(2)9-6-13-7-9/h8-9,13H,5-7H2,1-4H3,(H,14,15). The van der Waals surface area contributed by atoms with Gasteiger partial charge in [0.1, 0.15) is 5.54 Å². The Morgan fingerprint density at radius 1 is 1.53 bits per heavy atom. The van der Waals surface area contributed by atoms with Crippen LogP contribution in [0.25, 0.3) is 0 Å². The van der Waals surface area contributed by atoms with Gasteiger partial charge in [-0.2, -0.15) is 0 Å². The number of nitrogens with one attached hydrogen (secondary N) is 2. The Morgan fingerprint density at radius 2 is 2.12 bits per heavy atom. The number of carbonyl (C=O) groups is 2. The number of ether oxygens (including phenoxy) is 1. The SMILES string of the molecule is CCC(C)(NC(=O)C(C)C1CNC1)C(=O)OC. The summed E-state index contributed by atoms with van der Waals surface area (Å²) >= 11 is 0. The minimum atomic E-state index is -0.919. The van der Waals surface area contributed by atoms with E-state index < -0.39 is 11.5 Å². The summed E-state index contributed by atoms with van der Waals surface area (Å²) in [5.41, 5.74) is -0.919. The first-order valence-electron chi connectivity index (χ1n) is 6.05. The number of carbonyl (C=O) groups excluding carboxylic acids is 2. The fraction of sp³-hybridized carbons (Fsp3) is 0.833. The van der Waals surface area contributed by atoms with Gasteiger partial charge >= 0.3 is 5.97 Å². The summed E-state index contributed by atoms with van der Waals surface area (Å²) in [4.78, 5) is 23.7. The molecule has 2 N–H and O–H groups in total. The molecule has 1 saturated heterocycles. The molecule has 1 amide bonds. The molecule has 5 heteroatoms. The highest BCUT2D eigenvalue weighted by atomic mass is 16.5. The number of methoxy groups -OCH3 is 1. The minimum absolute atomic E-state index is 0.0771. The zero-order valence-electron chi connectivity index (χ0n) is 11.0. The first-order chi connectivity index (χ1) is 7.94. The minimum Gasteiger partial charge on any atom is -0.467 e. The van der Waals surface area contributed by atoms with Gasteiger partial charge in [0.15, 0.2) is 0 Å². The lowest BCUT2D eigenvalue weighted by Crippen LogP contribution is -2.57. The van der Waals surface area contributed by atoms with Crippen molar-refractivity contribution in [1.29, 1.82) is 0 Å². The van der Waals surface area contributed by atoms with E-state index in [1.807, 2.05) is 13.8 Å². The third-order valence-electron chi connectivity index (χ3n) is 3.68. The highest BCUT2D eigenvalue weighted by Gasteiger charge is 2.37. The summed E-state index contributed by atoms with van der Waals surface area (Å²) in [7, 11) is 1.33. The predicted octanol–water partition coefficient (Wildman–Crippen LogP) is 0.300. The number of hydrogen-bond acceptors (Lipinski definition) is 4. The number of amides is 1. The van der Waals surface area contributed by atoms with Gasteiger partial charge in [-0.05, 0) is 32.4 Å². The molecule has 0 aromatic rings. The molecule has 0 aromatic heterocycles. The normalized spacial score (nSPS) is 20.9. The molecule has 1 heterocycles. The van der Waals surface area contributed by atoms with Crippen LogP contribution in [0.2, 0.25) is 0 Å². The molecule has 1 aliphatic rings. The van der Waals surface area contributed by atoms with Crippen LogP contribution in [0.3, 0.4) is 0 Å². The second-order valence-electron chi connectivity index (χ2n) is 4.87. The van der Waals surface area contributed by atoms with Crippen molar-refractivity contribution in [1.82, 2.24) is 10.6 Å². The van der Waals surface area contributed by atoms with Crippen LogP contribution in [-0.2, 0) is 14.3 Å². The van der Waals surface area contributed by atoms with Crippen LogP contribution < -0.4 is 10.6 Å². The lowest BCUT2D eigenvalue weighted by molar-refractivity contribution is -0.151. The zero-order chi connectivity index (χ0) is 13.1. The molecule has 1 fully saturated rings. The van der Waals surface area contributed by atoms with E-state index in [1.165, 1.54) is 7.11 Å². The van der Waals surface area contributed by atoms with E-state index in [4.69, 9.17) is 4.74 Å². The molecule has 2 atom stereocenters. The highest BCUT2D eigenvalue weighted by molar-refractivity contribution is 5.88. The maximum Gasteiger partial charge on any atom is 0.331 e. The average molecular weight is 242 g/mol. The molecule has 98 valence electrons. The lowest BCUT2D eigenvalue weighted by atomic mass is 9.87. The van der Waals surface area contributed by atoms with Crippen LogP contribution in [0, 0.1) is 11.8 Å². The van der Waals surface area contributed by atoms with Gasteiger partial charge in [0.25, 0.3) is 0 Å². The number of esters is 1. The van der Waals surface area contributed by atoms with Crippen molar-refractivity contribution in [3.63, 3.8) is 0 Å². The maximum absolute atomic E-state index is 12.0. The van der Waals surface area contributed by atoms with Crippen LogP contribution in [-0.4, -0.2) is 37.6 Å². The smallest absolute Gasteiger partial charge is 0.331 e. The summed E-state index contributed by atoms with van der Waals surface area (Å²) in [5.74, 6) is -0.181. The fourth-order valence-corrected chi connectivity index (χ4v) is 1.77. The van der Waals surface area contributed by atoms with Gasteiger partial charge in [0, 0.05) is 5.92 Å². The second kappa shape index (κ2) is 5.49. The average Bonchev–Trinajstić information content (AvgIpc) is 2.25. The molecule has 5 nitrogen and oxygen atoms in total. The van der Waals surface area contributed by atoms with Gasteiger partial charge < -0.3 is 15.4 Å². The Hall–Kier alpha value is -1.10. The predicted molar refractivity (Wildman–Crippen MR) is 64.4 cm³/mol. The first kappa shape index (κ1) is 14.0. The summed E-state index contributed by atoms with van der Waals surface area (Å²) in [6.07, 6.45) is 0.515. The van der Waals surface area contributed by atoms with Gasteiger partial charge in [0.2, 0.25) is 5.91 Å². The van der Waals surface area contributed by atoms with E-state index in [2.05, 4.69) is 10.6 Å². The topological polar surface area (TPSA) is 67.4 Å². The van der Waals surface area contributed by atoms with Crippen molar-refractivity contribution in [3.8, 4) is 0 Å². The van der Waals surface area contributed by atoms with Crippen LogP contribution >= 0.6 is 0 Å². The van der Waals surface area contributed by atoms with Crippen molar-refractivity contribution in [2.24, 2.45) is 11.8 Å². The second-order valence-corrected chi connectivity index (χ2v) is 4.87. The van der Waals surface area contributed by atoms with Crippen molar-refractivity contribution < 1.29 is 14.3 Å². The van der Waals surface area contributed by atoms with Crippen molar-refractivity contribution in [2.75, 3.05) is 20.2 Å². The van der Waals surface area contributed by atoms with Gasteiger partial charge in [-0.25, -0.2) is 4.79 Å². The van der Waals surface area contributed by atoms with E-state index in [1.54, 1.807) is 6.92 Å². The molecule has 1 aliphatic heterocycles. The summed E-state index contributed by atoms with van der Waals surface area (Å²) in [5, 5.41) is 5.94. The summed E-state index contributed by atoms with van der Waals surface area (Å²) in [6.45, 7) is 7.19. The largest absolute Gasteiger partial charge is 0.467 e. The molecule has 17 heavy (non-hydrogen) atoms. The summed E-state index contributed by atoms with van der Waals surface area (Å²) in [6, 6.07) is 0. The molecule has 2 unspecified atom stereocenters. The van der Waals surface area contributed by atoms with Crippen LogP contribution in [0.5, 0.6) is 0 Å². The van der Waals surface area contributed by atoms with E-state index in [-0.39, 0.29) is 11.8 Å². The van der Waals surface area contributed by atoms with Crippen LogP contribution in [0.1, 0.15) is 27.2 Å². The number of hydrogen-bond donors (Lipinski definition) is 2. The van der Waals surface area contributed by atoms with Crippen molar-refractivity contribution in [3.05, 3.63) is 0 Å². The Morgan fingerprint density at radius 3 is 2.47 bits per heavy atom. The van der Waals surface area contributed by atoms with E-state index in [0.717, 1.165) is 13.1 Å². The molecule has 0 bridgehead atoms. The highest BCUT2D eigenvalue weighted by Crippen LogP contribution is 2.19. The molecular weight excluding hydrogens is 220 g/mol. The molecule has 0 aromatic carbocycles. The fourth-order valence-electron chi connectivity index (χ4n) is 1.77. The van der Waals surface area contributed by atoms with E-state index >= 15 is 0 Å².